The first-order valence-corrected chi connectivity index (χ1v) is 12.2. The topological polar surface area (TPSA) is 40.5 Å². The van der Waals surface area contributed by atoms with Crippen LogP contribution in [0.15, 0.2) is 18.2 Å². The highest BCUT2D eigenvalue weighted by Crippen LogP contribution is 2.40. The largest absolute Gasteiger partial charge is 0.432 e. The van der Waals surface area contributed by atoms with Crippen molar-refractivity contribution < 1.29 is 9.59 Å². The maximum absolute atomic E-state index is 12.2. The molecule has 1 unspecified atom stereocenters. The number of amides is 1. The molecule has 1 N–H and O–H groups in total. The molecule has 2 rings (SSSR count). The molecule has 1 fully saturated rings. The molecule has 1 aliphatic rings. The summed E-state index contributed by atoms with van der Waals surface area (Å²) in [7, 11) is -2.23. The van der Waals surface area contributed by atoms with Crippen LogP contribution in [0.5, 0.6) is 0 Å². The monoisotopic (exact) mass is 397 g/mol. The van der Waals surface area contributed by atoms with E-state index in [2.05, 4.69) is 54.9 Å². The van der Waals surface area contributed by atoms with E-state index in [4.69, 9.17) is 0 Å². The van der Waals surface area contributed by atoms with Gasteiger partial charge < -0.3 is 9.70 Å². The molecule has 0 radical (unpaired) electrons. The zero-order valence-corrected chi connectivity index (χ0v) is 17.4. The lowest BCUT2D eigenvalue weighted by Crippen LogP contribution is -2.40. The van der Waals surface area contributed by atoms with Crippen molar-refractivity contribution in [1.29, 1.82) is 0 Å². The minimum Gasteiger partial charge on any atom is -0.432 e. The lowest BCUT2D eigenvalue weighted by molar-refractivity contribution is -0.116. The molecule has 128 valence electrons. The van der Waals surface area contributed by atoms with Crippen LogP contribution < -0.4 is 4.90 Å². The van der Waals surface area contributed by atoms with Gasteiger partial charge in [0.25, 0.3) is 0 Å². The minimum absolute atomic E-state index is 0.0487. The summed E-state index contributed by atoms with van der Waals surface area (Å²) in [4.78, 5) is 24.6. The summed E-state index contributed by atoms with van der Waals surface area (Å²) < 4.78 is 0. The molecule has 5 heteroatoms. The van der Waals surface area contributed by atoms with Gasteiger partial charge in [-0.05, 0) is 60.7 Å². The zero-order valence-electron chi connectivity index (χ0n) is 14.8. The zero-order chi connectivity index (χ0) is 17.4. The van der Waals surface area contributed by atoms with Crippen molar-refractivity contribution in [2.75, 3.05) is 11.4 Å². The third-order valence-electron chi connectivity index (χ3n) is 5.31. The first-order chi connectivity index (χ1) is 10.6. The molecule has 3 nitrogen and oxygen atoms in total. The van der Waals surface area contributed by atoms with E-state index >= 15 is 0 Å². The Bertz CT molecular complexity index is 595. The van der Waals surface area contributed by atoms with Crippen LogP contribution >= 0.6 is 15.9 Å². The Morgan fingerprint density at radius 2 is 2.00 bits per heavy atom. The Kier molecular flexibility index (Phi) is 5.43. The lowest BCUT2D eigenvalue weighted by Gasteiger charge is -2.35. The summed E-state index contributed by atoms with van der Waals surface area (Å²) in [5.74, 6) is 0.157. The Hall–Kier alpha value is -0.653. The Labute approximate surface area is 149 Å². The molecule has 1 heterocycles. The number of anilines is 1. The number of alkyl halides is 1. The normalized spacial score (nSPS) is 19.5. The molecule has 23 heavy (non-hydrogen) atoms. The molecule has 1 aromatic rings. The summed E-state index contributed by atoms with van der Waals surface area (Å²) in [5.41, 5.74) is 3.56. The smallest absolute Gasteiger partial charge is 0.240 e. The van der Waals surface area contributed by atoms with Crippen molar-refractivity contribution >= 4 is 35.8 Å². The SMILES string of the molecule is CCc1cc(N2CCC(Br)C2=O)ccc1CC(C)(C)[Si](C)(C)O. The van der Waals surface area contributed by atoms with Gasteiger partial charge in [-0.25, -0.2) is 0 Å². The second kappa shape index (κ2) is 6.69. The fraction of sp³-hybridized carbons (Fsp3) is 0.611. The maximum atomic E-state index is 12.2. The maximum Gasteiger partial charge on any atom is 0.240 e. The van der Waals surface area contributed by atoms with Crippen LogP contribution in [0.3, 0.4) is 0 Å². The average Bonchev–Trinajstić information content (AvgIpc) is 2.78. The number of rotatable bonds is 5. The van der Waals surface area contributed by atoms with Gasteiger partial charge in [-0.3, -0.25) is 4.79 Å². The van der Waals surface area contributed by atoms with E-state index in [0.29, 0.717) is 0 Å². The van der Waals surface area contributed by atoms with E-state index in [1.165, 1.54) is 11.1 Å². The molecular formula is C18H28BrNO2Si. The van der Waals surface area contributed by atoms with Crippen LogP contribution in [-0.4, -0.2) is 30.4 Å². The number of halogens is 1. The van der Waals surface area contributed by atoms with Crippen LogP contribution in [0.4, 0.5) is 5.69 Å². The van der Waals surface area contributed by atoms with Crippen molar-refractivity contribution in [3.63, 3.8) is 0 Å². The Morgan fingerprint density at radius 1 is 1.35 bits per heavy atom. The van der Waals surface area contributed by atoms with Gasteiger partial charge >= 0.3 is 0 Å². The summed E-state index contributed by atoms with van der Waals surface area (Å²) >= 11 is 3.44. The third-order valence-corrected chi connectivity index (χ3v) is 9.65. The van der Waals surface area contributed by atoms with Crippen LogP contribution in [0.2, 0.25) is 18.1 Å². The van der Waals surface area contributed by atoms with E-state index in [1.807, 2.05) is 18.0 Å². The van der Waals surface area contributed by atoms with Crippen molar-refractivity contribution in [3.05, 3.63) is 29.3 Å². The van der Waals surface area contributed by atoms with Gasteiger partial charge in [-0.2, -0.15) is 0 Å². The highest BCUT2D eigenvalue weighted by Gasteiger charge is 2.38. The Morgan fingerprint density at radius 3 is 2.48 bits per heavy atom. The summed E-state index contributed by atoms with van der Waals surface area (Å²) in [6.45, 7) is 11.3. The fourth-order valence-electron chi connectivity index (χ4n) is 2.88. The van der Waals surface area contributed by atoms with Crippen LogP contribution in [0, 0.1) is 0 Å². The van der Waals surface area contributed by atoms with Crippen LogP contribution in [0.25, 0.3) is 0 Å². The second-order valence-electron chi connectivity index (χ2n) is 7.67. The summed E-state index contributed by atoms with van der Waals surface area (Å²) in [6.07, 6.45) is 2.67. The van der Waals surface area contributed by atoms with Gasteiger partial charge in [0.2, 0.25) is 5.91 Å². The number of aryl methyl sites for hydroxylation is 1. The number of carbonyl (C=O) groups excluding carboxylic acids is 1. The second-order valence-corrected chi connectivity index (χ2v) is 13.2. The van der Waals surface area contributed by atoms with Gasteiger partial charge in [0, 0.05) is 12.2 Å². The number of benzene rings is 1. The number of carbonyl (C=O) groups is 1. The van der Waals surface area contributed by atoms with Crippen molar-refractivity contribution in [1.82, 2.24) is 0 Å². The van der Waals surface area contributed by atoms with E-state index in [1.54, 1.807) is 0 Å². The summed E-state index contributed by atoms with van der Waals surface area (Å²) in [5, 5.41) is -0.0805. The van der Waals surface area contributed by atoms with Gasteiger partial charge in [-0.15, -0.1) is 0 Å². The molecule has 1 aliphatic heterocycles. The quantitative estimate of drug-likeness (QED) is 0.595. The van der Waals surface area contributed by atoms with Gasteiger partial charge in [0.15, 0.2) is 8.32 Å². The molecule has 0 bridgehead atoms. The van der Waals surface area contributed by atoms with E-state index in [9.17, 15) is 9.59 Å². The molecule has 1 saturated heterocycles. The van der Waals surface area contributed by atoms with E-state index in [-0.39, 0.29) is 15.8 Å². The van der Waals surface area contributed by atoms with Crippen molar-refractivity contribution in [2.45, 2.75) is 63.0 Å². The van der Waals surface area contributed by atoms with Gasteiger partial charge in [0.05, 0.1) is 4.83 Å². The fourth-order valence-corrected chi connectivity index (χ4v) is 3.95. The molecule has 1 amide bonds. The molecule has 0 aromatic heterocycles. The molecule has 0 aliphatic carbocycles. The molecule has 0 saturated carbocycles. The third kappa shape index (κ3) is 3.89. The molecule has 1 aromatic carbocycles. The molecular weight excluding hydrogens is 370 g/mol. The predicted octanol–water partition coefficient (Wildman–Crippen LogP) is 4.27. The highest BCUT2D eigenvalue weighted by molar-refractivity contribution is 9.10. The Balaban J connectivity index is 2.29. The van der Waals surface area contributed by atoms with Gasteiger partial charge in [0.1, 0.15) is 0 Å². The van der Waals surface area contributed by atoms with E-state index < -0.39 is 8.32 Å². The van der Waals surface area contributed by atoms with Crippen molar-refractivity contribution in [2.24, 2.45) is 0 Å². The number of hydrogen-bond donors (Lipinski definition) is 1. The van der Waals surface area contributed by atoms with Gasteiger partial charge in [-0.1, -0.05) is 42.8 Å². The summed E-state index contributed by atoms with van der Waals surface area (Å²) in [6, 6.07) is 6.35. The number of nitrogens with zero attached hydrogens (tertiary/aromatic N) is 1. The number of hydrogen-bond acceptors (Lipinski definition) is 2. The van der Waals surface area contributed by atoms with E-state index in [0.717, 1.165) is 31.5 Å². The average molecular weight is 398 g/mol. The minimum atomic E-state index is -2.23. The van der Waals surface area contributed by atoms with Crippen molar-refractivity contribution in [3.8, 4) is 0 Å². The van der Waals surface area contributed by atoms with Crippen LogP contribution in [0.1, 0.15) is 38.3 Å². The first kappa shape index (κ1) is 18.7. The van der Waals surface area contributed by atoms with Crippen LogP contribution in [-0.2, 0) is 17.6 Å². The lowest BCUT2D eigenvalue weighted by atomic mass is 9.95. The molecule has 1 atom stereocenters. The first-order valence-electron chi connectivity index (χ1n) is 8.36. The highest BCUT2D eigenvalue weighted by atomic mass is 79.9. The predicted molar refractivity (Wildman–Crippen MR) is 103 cm³/mol. The standard InChI is InChI=1S/C18H28BrNO2Si/c1-6-13-11-15(20-10-9-16(19)17(20)21)8-7-14(13)12-18(2,3)23(4,5)22/h7-8,11,16,22H,6,9-10,12H2,1-5H3. The molecule has 0 spiro atoms.